The summed E-state index contributed by atoms with van der Waals surface area (Å²) in [6, 6.07) is 8.71. The number of nitriles is 1. The molecule has 2 aromatic rings. The highest BCUT2D eigenvalue weighted by molar-refractivity contribution is 7.98. The average Bonchev–Trinajstić information content (AvgIpc) is 2.97. The molecule has 2 heterocycles. The summed E-state index contributed by atoms with van der Waals surface area (Å²) in [6.07, 6.45) is 5.63. The van der Waals surface area contributed by atoms with Gasteiger partial charge in [0.25, 0.3) is 0 Å². The van der Waals surface area contributed by atoms with E-state index in [-0.39, 0.29) is 0 Å². The Morgan fingerprint density at radius 2 is 2.13 bits per heavy atom. The first-order valence-corrected chi connectivity index (χ1v) is 9.65. The van der Waals surface area contributed by atoms with E-state index in [4.69, 9.17) is 10.2 Å². The Bertz CT molecular complexity index is 667. The van der Waals surface area contributed by atoms with Crippen LogP contribution in [-0.2, 0) is 12.3 Å². The fourth-order valence-electron chi connectivity index (χ4n) is 3.05. The second-order valence-corrected chi connectivity index (χ2v) is 7.29. The molecule has 0 radical (unpaired) electrons. The third kappa shape index (κ3) is 4.73. The number of aromatic nitrogens is 2. The molecule has 0 bridgehead atoms. The molecule has 4 nitrogen and oxygen atoms in total. The number of likely N-dealkylation sites (tertiary alicyclic amines) is 1. The highest BCUT2D eigenvalue weighted by atomic mass is 32.2. The molecule has 0 spiro atoms. The van der Waals surface area contributed by atoms with Crippen LogP contribution >= 0.6 is 11.8 Å². The molecule has 0 saturated carbocycles. The first-order valence-electron chi connectivity index (χ1n) is 8.50. The standard InChI is InChI=1S/C18H24N4S/c19-8-2-5-11-23-14-15-6-7-16-17(12-15)21-18(20-16)13-22-9-3-1-4-10-22/h6-7,12H,1-5,9-11,13-14H2,(H,20,21). The van der Waals surface area contributed by atoms with Crippen LogP contribution in [0.5, 0.6) is 0 Å². The van der Waals surface area contributed by atoms with E-state index < -0.39 is 0 Å². The largest absolute Gasteiger partial charge is 0.341 e. The number of fused-ring (bicyclic) bond motifs is 1. The number of hydrogen-bond donors (Lipinski definition) is 1. The number of aromatic amines is 1. The molecule has 122 valence electrons. The Hall–Kier alpha value is -1.51. The number of nitrogens with zero attached hydrogens (tertiary/aromatic N) is 3. The molecule has 5 heteroatoms. The smallest absolute Gasteiger partial charge is 0.121 e. The van der Waals surface area contributed by atoms with Crippen LogP contribution in [-0.4, -0.2) is 33.7 Å². The molecule has 0 aliphatic carbocycles. The van der Waals surface area contributed by atoms with E-state index >= 15 is 0 Å². The number of hydrogen-bond acceptors (Lipinski definition) is 4. The van der Waals surface area contributed by atoms with Crippen molar-refractivity contribution in [2.24, 2.45) is 0 Å². The summed E-state index contributed by atoms with van der Waals surface area (Å²) in [5.74, 6) is 3.14. The van der Waals surface area contributed by atoms with Crippen molar-refractivity contribution in [2.75, 3.05) is 18.8 Å². The lowest BCUT2D eigenvalue weighted by molar-refractivity contribution is 0.216. The van der Waals surface area contributed by atoms with Crippen LogP contribution in [0.25, 0.3) is 11.0 Å². The van der Waals surface area contributed by atoms with Crippen molar-refractivity contribution in [3.63, 3.8) is 0 Å². The van der Waals surface area contributed by atoms with E-state index in [1.807, 2.05) is 11.8 Å². The van der Waals surface area contributed by atoms with E-state index in [2.05, 4.69) is 34.2 Å². The van der Waals surface area contributed by atoms with Crippen molar-refractivity contribution in [1.82, 2.24) is 14.9 Å². The molecule has 1 saturated heterocycles. The fourth-order valence-corrected chi connectivity index (χ4v) is 3.95. The maximum absolute atomic E-state index is 8.55. The van der Waals surface area contributed by atoms with Crippen molar-refractivity contribution < 1.29 is 0 Å². The Morgan fingerprint density at radius 3 is 2.96 bits per heavy atom. The van der Waals surface area contributed by atoms with Gasteiger partial charge in [0.1, 0.15) is 5.82 Å². The fraction of sp³-hybridized carbons (Fsp3) is 0.556. The molecule has 1 aromatic carbocycles. The van der Waals surface area contributed by atoms with Crippen LogP contribution in [0, 0.1) is 11.3 Å². The van der Waals surface area contributed by atoms with Crippen molar-refractivity contribution in [3.05, 3.63) is 29.6 Å². The van der Waals surface area contributed by atoms with E-state index in [0.717, 1.165) is 41.3 Å². The average molecular weight is 328 g/mol. The van der Waals surface area contributed by atoms with Crippen LogP contribution in [0.4, 0.5) is 0 Å². The van der Waals surface area contributed by atoms with Gasteiger partial charge in [0, 0.05) is 12.2 Å². The topological polar surface area (TPSA) is 55.7 Å². The summed E-state index contributed by atoms with van der Waals surface area (Å²) < 4.78 is 0. The summed E-state index contributed by atoms with van der Waals surface area (Å²) in [4.78, 5) is 10.7. The second kappa shape index (κ2) is 8.37. The molecule has 0 unspecified atom stereocenters. The van der Waals surface area contributed by atoms with E-state index in [0.29, 0.717) is 6.42 Å². The van der Waals surface area contributed by atoms with Crippen molar-refractivity contribution in [2.45, 2.75) is 44.4 Å². The van der Waals surface area contributed by atoms with Crippen molar-refractivity contribution >= 4 is 22.8 Å². The highest BCUT2D eigenvalue weighted by Gasteiger charge is 2.12. The number of thioether (sulfide) groups is 1. The zero-order chi connectivity index (χ0) is 15.9. The number of benzene rings is 1. The summed E-state index contributed by atoms with van der Waals surface area (Å²) in [7, 11) is 0. The third-order valence-corrected chi connectivity index (χ3v) is 5.38. The Kier molecular flexibility index (Phi) is 5.95. The minimum Gasteiger partial charge on any atom is -0.341 e. The predicted octanol–water partition coefficient (Wildman–Crippen LogP) is 4.09. The van der Waals surface area contributed by atoms with Gasteiger partial charge in [-0.2, -0.15) is 17.0 Å². The van der Waals surface area contributed by atoms with Crippen LogP contribution in [0.2, 0.25) is 0 Å². The lowest BCUT2D eigenvalue weighted by Gasteiger charge is -2.25. The number of nitrogens with one attached hydrogen (secondary N) is 1. The normalized spacial score (nSPS) is 15.8. The Balaban J connectivity index is 1.58. The van der Waals surface area contributed by atoms with Crippen molar-refractivity contribution in [3.8, 4) is 6.07 Å². The SMILES string of the molecule is N#CCCCSCc1ccc2nc(CN3CCCCC3)[nH]c2c1. The minimum absolute atomic E-state index is 0.659. The van der Waals surface area contributed by atoms with Gasteiger partial charge in [-0.05, 0) is 55.8 Å². The maximum Gasteiger partial charge on any atom is 0.121 e. The van der Waals surface area contributed by atoms with Gasteiger partial charge in [0.2, 0.25) is 0 Å². The third-order valence-electron chi connectivity index (χ3n) is 4.26. The summed E-state index contributed by atoms with van der Waals surface area (Å²) in [5, 5.41) is 8.55. The minimum atomic E-state index is 0.659. The van der Waals surface area contributed by atoms with E-state index in [1.54, 1.807) is 0 Å². The maximum atomic E-state index is 8.55. The van der Waals surface area contributed by atoms with Gasteiger partial charge in [-0.1, -0.05) is 12.5 Å². The molecule has 3 rings (SSSR count). The van der Waals surface area contributed by atoms with Gasteiger partial charge >= 0.3 is 0 Å². The molecule has 1 aliphatic rings. The van der Waals surface area contributed by atoms with Gasteiger partial charge in [-0.3, -0.25) is 4.90 Å². The molecule has 1 aromatic heterocycles. The van der Waals surface area contributed by atoms with Crippen LogP contribution in [0.3, 0.4) is 0 Å². The molecule has 0 atom stereocenters. The number of unbranched alkanes of at least 4 members (excludes halogenated alkanes) is 1. The number of imidazole rings is 1. The van der Waals surface area contributed by atoms with Gasteiger partial charge in [-0.15, -0.1) is 0 Å². The number of piperidine rings is 1. The molecular weight excluding hydrogens is 304 g/mol. The highest BCUT2D eigenvalue weighted by Crippen LogP contribution is 2.20. The lowest BCUT2D eigenvalue weighted by Crippen LogP contribution is -2.29. The monoisotopic (exact) mass is 328 g/mol. The van der Waals surface area contributed by atoms with E-state index in [1.165, 1.54) is 37.9 Å². The number of rotatable bonds is 7. The van der Waals surface area contributed by atoms with Gasteiger partial charge < -0.3 is 4.98 Å². The zero-order valence-electron chi connectivity index (χ0n) is 13.6. The number of H-pyrrole nitrogens is 1. The van der Waals surface area contributed by atoms with Crippen LogP contribution in [0.15, 0.2) is 18.2 Å². The summed E-state index contributed by atoms with van der Waals surface area (Å²) >= 11 is 1.90. The molecule has 1 N–H and O–H groups in total. The first kappa shape index (κ1) is 16.4. The molecule has 1 fully saturated rings. The molecule has 0 amide bonds. The lowest BCUT2D eigenvalue weighted by atomic mass is 10.1. The summed E-state index contributed by atoms with van der Waals surface area (Å²) in [6.45, 7) is 3.33. The second-order valence-electron chi connectivity index (χ2n) is 6.19. The van der Waals surface area contributed by atoms with Crippen LogP contribution < -0.4 is 0 Å². The zero-order valence-corrected chi connectivity index (χ0v) is 14.4. The molecular formula is C18H24N4S. The van der Waals surface area contributed by atoms with Crippen LogP contribution in [0.1, 0.15) is 43.5 Å². The van der Waals surface area contributed by atoms with Gasteiger partial charge in [-0.25, -0.2) is 4.98 Å². The Morgan fingerprint density at radius 1 is 1.26 bits per heavy atom. The quantitative estimate of drug-likeness (QED) is 0.778. The Labute approximate surface area is 142 Å². The molecule has 1 aliphatic heterocycles. The summed E-state index contributed by atoms with van der Waals surface area (Å²) in [5.41, 5.74) is 3.54. The van der Waals surface area contributed by atoms with Crippen molar-refractivity contribution in [1.29, 1.82) is 5.26 Å². The van der Waals surface area contributed by atoms with Gasteiger partial charge in [0.05, 0.1) is 23.6 Å². The molecule has 23 heavy (non-hydrogen) atoms. The first-order chi connectivity index (χ1) is 11.3. The van der Waals surface area contributed by atoms with Gasteiger partial charge in [0.15, 0.2) is 0 Å². The predicted molar refractivity (Wildman–Crippen MR) is 96.2 cm³/mol. The van der Waals surface area contributed by atoms with E-state index in [9.17, 15) is 0 Å².